The fourth-order valence-electron chi connectivity index (χ4n) is 5.69. The predicted molar refractivity (Wildman–Crippen MR) is 115 cm³/mol. The first kappa shape index (κ1) is 20.0. The van der Waals surface area contributed by atoms with Gasteiger partial charge in [0, 0.05) is 36.4 Å². The van der Waals surface area contributed by atoms with Crippen LogP contribution < -0.4 is 0 Å². The smallest absolute Gasteiger partial charge is 0.229 e. The first-order valence-electron chi connectivity index (χ1n) is 11.1. The van der Waals surface area contributed by atoms with Crippen LogP contribution in [0.4, 0.5) is 0 Å². The molecule has 1 saturated heterocycles. The van der Waals surface area contributed by atoms with Crippen LogP contribution in [0.3, 0.4) is 0 Å². The fourth-order valence-corrected chi connectivity index (χ4v) is 5.89. The van der Waals surface area contributed by atoms with Gasteiger partial charge in [-0.15, -0.1) is 10.2 Å². The normalized spacial score (nSPS) is 28.7. The highest BCUT2D eigenvalue weighted by atomic mass is 35.5. The Labute approximate surface area is 182 Å². The van der Waals surface area contributed by atoms with Gasteiger partial charge in [-0.1, -0.05) is 11.6 Å². The summed E-state index contributed by atoms with van der Waals surface area (Å²) in [5.74, 6) is 2.39. The lowest BCUT2D eigenvalue weighted by Crippen LogP contribution is -2.40. The van der Waals surface area contributed by atoms with Gasteiger partial charge in [0.2, 0.25) is 5.91 Å². The first-order valence-corrected chi connectivity index (χ1v) is 11.5. The number of amides is 1. The molecule has 2 aromatic rings. The van der Waals surface area contributed by atoms with Crippen molar-refractivity contribution >= 4 is 17.5 Å². The van der Waals surface area contributed by atoms with Crippen LogP contribution in [0.15, 0.2) is 18.2 Å². The maximum Gasteiger partial charge on any atom is 0.229 e. The Bertz CT molecular complexity index is 978. The standard InChI is InChI=1S/C23H29ClN4O2/c1-14(2)27-10-9-23(22(27)30)7-5-15(6-8-23)21-26-25-20-13-18(29)12-16-11-17(24)3-4-19(16)28(20)21/h3-4,11,14-15,18,29H,5-10,12-13H2,1-2H3/t15?,18-,23?/m1/s1. The van der Waals surface area contributed by atoms with Gasteiger partial charge in [-0.05, 0) is 69.7 Å². The average Bonchev–Trinajstić information content (AvgIpc) is 3.21. The number of aliphatic hydroxyl groups is 1. The number of carbonyl (C=O) groups excluding carboxylic acids is 1. The molecule has 7 heteroatoms. The predicted octanol–water partition coefficient (Wildman–Crippen LogP) is 3.66. The molecule has 2 fully saturated rings. The minimum Gasteiger partial charge on any atom is -0.392 e. The second kappa shape index (κ2) is 7.34. The number of aromatic nitrogens is 3. The number of likely N-dealkylation sites (tertiary alicyclic amines) is 1. The van der Waals surface area contributed by atoms with Crippen LogP contribution >= 0.6 is 11.6 Å². The molecule has 1 amide bonds. The molecule has 3 heterocycles. The molecule has 1 saturated carbocycles. The van der Waals surface area contributed by atoms with Crippen molar-refractivity contribution < 1.29 is 9.90 Å². The van der Waals surface area contributed by atoms with Gasteiger partial charge in [0.25, 0.3) is 0 Å². The third kappa shape index (κ3) is 3.16. The van der Waals surface area contributed by atoms with Gasteiger partial charge in [0.05, 0.1) is 17.2 Å². The minimum absolute atomic E-state index is 0.177. The molecule has 1 aromatic heterocycles. The Morgan fingerprint density at radius 3 is 2.63 bits per heavy atom. The summed E-state index contributed by atoms with van der Waals surface area (Å²) in [5.41, 5.74) is 1.87. The van der Waals surface area contributed by atoms with E-state index in [2.05, 4.69) is 28.6 Å². The lowest BCUT2D eigenvalue weighted by molar-refractivity contribution is -0.139. The van der Waals surface area contributed by atoms with E-state index in [1.54, 1.807) is 0 Å². The highest BCUT2D eigenvalue weighted by Gasteiger charge is 2.49. The molecule has 3 aliphatic rings. The summed E-state index contributed by atoms with van der Waals surface area (Å²) in [7, 11) is 0. The van der Waals surface area contributed by atoms with E-state index in [-0.39, 0.29) is 17.4 Å². The second-order valence-corrected chi connectivity index (χ2v) is 9.98. The van der Waals surface area contributed by atoms with Gasteiger partial charge in [-0.25, -0.2) is 0 Å². The number of nitrogens with zero attached hydrogens (tertiary/aromatic N) is 4. The van der Waals surface area contributed by atoms with Crippen LogP contribution in [0, 0.1) is 5.41 Å². The summed E-state index contributed by atoms with van der Waals surface area (Å²) in [5, 5.41) is 20.2. The lowest BCUT2D eigenvalue weighted by Gasteiger charge is -2.36. The van der Waals surface area contributed by atoms with Crippen molar-refractivity contribution in [3.05, 3.63) is 40.4 Å². The molecule has 0 radical (unpaired) electrons. The van der Waals surface area contributed by atoms with Gasteiger partial charge in [-0.2, -0.15) is 0 Å². The Hall–Kier alpha value is -1.92. The molecule has 0 unspecified atom stereocenters. The molecule has 6 nitrogen and oxygen atoms in total. The van der Waals surface area contributed by atoms with Gasteiger partial charge in [-0.3, -0.25) is 9.36 Å². The quantitative estimate of drug-likeness (QED) is 0.792. The average molecular weight is 429 g/mol. The van der Waals surface area contributed by atoms with Gasteiger partial charge < -0.3 is 10.0 Å². The van der Waals surface area contributed by atoms with Crippen molar-refractivity contribution in [2.75, 3.05) is 6.54 Å². The zero-order valence-electron chi connectivity index (χ0n) is 17.6. The van der Waals surface area contributed by atoms with Crippen LogP contribution in [0.2, 0.25) is 5.02 Å². The zero-order chi connectivity index (χ0) is 21.0. The van der Waals surface area contributed by atoms with Crippen LogP contribution in [0.5, 0.6) is 0 Å². The highest BCUT2D eigenvalue weighted by molar-refractivity contribution is 6.30. The maximum atomic E-state index is 13.1. The molecule has 30 heavy (non-hydrogen) atoms. The monoisotopic (exact) mass is 428 g/mol. The summed E-state index contributed by atoms with van der Waals surface area (Å²) < 4.78 is 2.14. The molecule has 1 atom stereocenters. The molecule has 1 aliphatic carbocycles. The molecule has 2 aliphatic heterocycles. The van der Waals surface area contributed by atoms with Crippen LogP contribution in [-0.4, -0.2) is 49.4 Å². The largest absolute Gasteiger partial charge is 0.392 e. The number of hydrogen-bond donors (Lipinski definition) is 1. The van der Waals surface area contributed by atoms with Gasteiger partial charge in [0.15, 0.2) is 0 Å². The number of hydrogen-bond acceptors (Lipinski definition) is 4. The number of benzene rings is 1. The second-order valence-electron chi connectivity index (χ2n) is 9.54. The van der Waals surface area contributed by atoms with E-state index in [1.165, 1.54) is 0 Å². The van der Waals surface area contributed by atoms with Crippen molar-refractivity contribution in [3.8, 4) is 5.69 Å². The zero-order valence-corrected chi connectivity index (χ0v) is 18.4. The Kier molecular flexibility index (Phi) is 4.90. The molecular weight excluding hydrogens is 400 g/mol. The van der Waals surface area contributed by atoms with Gasteiger partial charge >= 0.3 is 0 Å². The number of halogens is 1. The van der Waals surface area contributed by atoms with E-state index in [4.69, 9.17) is 11.6 Å². The molecular formula is C23H29ClN4O2. The third-order valence-electron chi connectivity index (χ3n) is 7.39. The van der Waals surface area contributed by atoms with Crippen molar-refractivity contribution in [1.29, 1.82) is 0 Å². The molecule has 1 spiro atoms. The summed E-state index contributed by atoms with van der Waals surface area (Å²) >= 11 is 6.23. The summed E-state index contributed by atoms with van der Waals surface area (Å²) in [4.78, 5) is 15.1. The van der Waals surface area contributed by atoms with E-state index in [9.17, 15) is 9.90 Å². The lowest BCUT2D eigenvalue weighted by atomic mass is 9.69. The van der Waals surface area contributed by atoms with Crippen LogP contribution in [0.25, 0.3) is 5.69 Å². The number of carbonyl (C=O) groups is 1. The Morgan fingerprint density at radius 1 is 1.17 bits per heavy atom. The van der Waals surface area contributed by atoms with E-state index >= 15 is 0 Å². The van der Waals surface area contributed by atoms with Crippen LogP contribution in [-0.2, 0) is 17.6 Å². The van der Waals surface area contributed by atoms with E-state index in [0.29, 0.717) is 23.8 Å². The Morgan fingerprint density at radius 2 is 1.93 bits per heavy atom. The molecule has 1 N–H and O–H groups in total. The molecule has 5 rings (SSSR count). The summed E-state index contributed by atoms with van der Waals surface area (Å²) in [6.45, 7) is 5.09. The summed E-state index contributed by atoms with van der Waals surface area (Å²) in [6, 6.07) is 6.11. The van der Waals surface area contributed by atoms with E-state index < -0.39 is 6.10 Å². The van der Waals surface area contributed by atoms with Gasteiger partial charge in [0.1, 0.15) is 11.6 Å². The number of fused-ring (bicyclic) bond motifs is 3. The molecule has 1 aromatic carbocycles. The van der Waals surface area contributed by atoms with E-state index in [1.807, 2.05) is 23.1 Å². The van der Waals surface area contributed by atoms with Crippen LogP contribution in [0.1, 0.15) is 69.1 Å². The van der Waals surface area contributed by atoms with Crippen molar-refractivity contribution in [3.63, 3.8) is 0 Å². The fraction of sp³-hybridized carbons (Fsp3) is 0.609. The summed E-state index contributed by atoms with van der Waals surface area (Å²) in [6.07, 6.45) is 5.25. The maximum absolute atomic E-state index is 13.1. The first-order chi connectivity index (χ1) is 14.4. The number of aliphatic hydroxyl groups excluding tert-OH is 1. The highest BCUT2D eigenvalue weighted by Crippen LogP contribution is 2.49. The number of rotatable bonds is 2. The van der Waals surface area contributed by atoms with Crippen molar-refractivity contribution in [2.45, 2.75) is 76.9 Å². The van der Waals surface area contributed by atoms with Crippen molar-refractivity contribution in [2.24, 2.45) is 5.41 Å². The molecule has 160 valence electrons. The topological polar surface area (TPSA) is 71.2 Å². The SMILES string of the molecule is CC(C)N1CCC2(CCC(c3nnc4n3-c3ccc(Cl)cc3C[C@@H](O)C4)CC2)C1=O. The van der Waals surface area contributed by atoms with E-state index in [0.717, 1.165) is 61.5 Å². The van der Waals surface area contributed by atoms with Crippen molar-refractivity contribution in [1.82, 2.24) is 19.7 Å². The minimum atomic E-state index is -0.492. The third-order valence-corrected chi connectivity index (χ3v) is 7.62. The Balaban J connectivity index is 1.44. The molecule has 0 bridgehead atoms.